The Bertz CT molecular complexity index is 859. The van der Waals surface area contributed by atoms with Gasteiger partial charge in [0.1, 0.15) is 6.33 Å². The maximum absolute atomic E-state index is 12.2. The summed E-state index contributed by atoms with van der Waals surface area (Å²) in [5, 5.41) is 0. The largest absolute Gasteiger partial charge is 0.344 e. The van der Waals surface area contributed by atoms with Crippen LogP contribution < -0.4 is 11.2 Å². The monoisotopic (exact) mass is 242 g/mol. The van der Waals surface area contributed by atoms with Crippen LogP contribution >= 0.6 is 0 Å². The summed E-state index contributed by atoms with van der Waals surface area (Å²) in [4.78, 5) is 28.1. The molecule has 90 valence electrons. The number of imidazole rings is 1. The van der Waals surface area contributed by atoms with Crippen molar-refractivity contribution in [1.82, 2.24) is 18.7 Å². The Balaban J connectivity index is 3.09. The number of hydrogen-bond donors (Lipinski definition) is 0. The van der Waals surface area contributed by atoms with Gasteiger partial charge in [0.05, 0.1) is 0 Å². The van der Waals surface area contributed by atoms with Gasteiger partial charge in [0.15, 0.2) is 11.2 Å². The van der Waals surface area contributed by atoms with E-state index in [9.17, 15) is 9.59 Å². The molecule has 0 fully saturated rings. The summed E-state index contributed by atoms with van der Waals surface area (Å²) in [6.45, 7) is 3.21. The Morgan fingerprint density at radius 3 is 2.44 bits per heavy atom. The lowest BCUT2D eigenvalue weighted by molar-refractivity contribution is 0.778. The van der Waals surface area contributed by atoms with Crippen LogP contribution in [-0.2, 0) is 7.05 Å². The van der Waals surface area contributed by atoms with Crippen molar-refractivity contribution in [3.05, 3.63) is 27.2 Å². The third kappa shape index (κ3) is 1.52. The van der Waals surface area contributed by atoms with Crippen LogP contribution in [-0.4, -0.2) is 18.7 Å². The van der Waals surface area contributed by atoms with Gasteiger partial charge < -0.3 is 0 Å². The number of fused-ring (bicyclic) bond motifs is 1. The molecule has 6 nitrogen and oxygen atoms in total. The summed E-state index contributed by atoms with van der Waals surface area (Å²) >= 11 is 0. The van der Waals surface area contributed by atoms with E-state index in [1.807, 2.05) is 0 Å². The Kier molecular flexibility index (Phi) is 2.78. The zero-order valence-electron chi connectivity index (χ0n) is 10.2. The molecule has 0 N–H and O–H groups in total. The van der Waals surface area contributed by atoms with Gasteiger partial charge in [-0.2, -0.15) is 4.57 Å². The van der Waals surface area contributed by atoms with Crippen molar-refractivity contribution in [2.75, 3.05) is 0 Å². The van der Waals surface area contributed by atoms with Gasteiger partial charge in [0.2, 0.25) is 0 Å². The molecule has 0 unspecified atom stereocenters. The zero-order chi connectivity index (χ0) is 13.3. The first-order chi connectivity index (χ1) is 8.61. The molecule has 2 aromatic rings. The molecular formula is C12H10N4O2. The van der Waals surface area contributed by atoms with Crippen molar-refractivity contribution in [3.63, 3.8) is 0 Å². The van der Waals surface area contributed by atoms with E-state index in [1.165, 1.54) is 22.5 Å². The predicted octanol–water partition coefficient (Wildman–Crippen LogP) is -0.446. The topological polar surface area (TPSA) is 61.8 Å². The Hall–Kier alpha value is -2.73. The SMILES string of the molecule is CC#Cn1c(=O)c2c(ncn2C#CC)n(C)c1=O. The standard InChI is InChI=1S/C12H10N4O2/c1-4-6-15-8-13-10-9(15)11(17)16(7-5-2)12(18)14(10)3/h8H,1-3H3. The Labute approximate surface area is 102 Å². The lowest BCUT2D eigenvalue weighted by atomic mass is 10.5. The summed E-state index contributed by atoms with van der Waals surface area (Å²) in [5.41, 5.74) is -0.490. The quantitative estimate of drug-likeness (QED) is 0.588. The van der Waals surface area contributed by atoms with Gasteiger partial charge >= 0.3 is 5.69 Å². The summed E-state index contributed by atoms with van der Waals surface area (Å²) in [6, 6.07) is 5.18. The number of rotatable bonds is 0. The molecule has 0 aliphatic rings. The van der Waals surface area contributed by atoms with Crippen molar-refractivity contribution in [2.45, 2.75) is 13.8 Å². The average Bonchev–Trinajstić information content (AvgIpc) is 2.76. The molecule has 6 heteroatoms. The normalized spacial score (nSPS) is 9.50. The van der Waals surface area contributed by atoms with Crippen molar-refractivity contribution in [3.8, 4) is 23.9 Å². The zero-order valence-corrected chi connectivity index (χ0v) is 10.2. The maximum atomic E-state index is 12.2. The molecule has 2 heterocycles. The Morgan fingerprint density at radius 2 is 1.83 bits per heavy atom. The van der Waals surface area contributed by atoms with E-state index in [1.54, 1.807) is 13.8 Å². The number of hydrogen-bond acceptors (Lipinski definition) is 3. The van der Waals surface area contributed by atoms with Crippen LogP contribution in [0.2, 0.25) is 0 Å². The molecule has 0 aromatic carbocycles. The highest BCUT2D eigenvalue weighted by molar-refractivity contribution is 5.71. The molecule has 2 rings (SSSR count). The van der Waals surface area contributed by atoms with E-state index in [2.05, 4.69) is 28.9 Å². The minimum atomic E-state index is -0.517. The molecule has 0 aliphatic heterocycles. The van der Waals surface area contributed by atoms with Crippen LogP contribution in [0.25, 0.3) is 11.2 Å². The molecule has 0 saturated heterocycles. The first-order valence-corrected chi connectivity index (χ1v) is 5.16. The fourth-order valence-electron chi connectivity index (χ4n) is 1.63. The summed E-state index contributed by atoms with van der Waals surface area (Å²) in [7, 11) is 1.54. The summed E-state index contributed by atoms with van der Waals surface area (Å²) in [5.74, 6) is 5.21. The number of aryl methyl sites for hydroxylation is 1. The average molecular weight is 242 g/mol. The van der Waals surface area contributed by atoms with Crippen LogP contribution in [0.1, 0.15) is 13.8 Å². The van der Waals surface area contributed by atoms with E-state index in [4.69, 9.17) is 0 Å². The molecule has 0 spiro atoms. The second-order valence-electron chi connectivity index (χ2n) is 3.49. The van der Waals surface area contributed by atoms with Gasteiger partial charge in [0, 0.05) is 19.1 Å². The molecule has 0 aliphatic carbocycles. The van der Waals surface area contributed by atoms with Gasteiger partial charge in [-0.3, -0.25) is 13.9 Å². The van der Waals surface area contributed by atoms with E-state index >= 15 is 0 Å². The van der Waals surface area contributed by atoms with Crippen molar-refractivity contribution in [1.29, 1.82) is 0 Å². The molecular weight excluding hydrogens is 232 g/mol. The molecule has 18 heavy (non-hydrogen) atoms. The second kappa shape index (κ2) is 4.27. The van der Waals surface area contributed by atoms with Gasteiger partial charge in [-0.05, 0) is 13.8 Å². The minimum Gasteiger partial charge on any atom is -0.278 e. The molecule has 0 saturated carbocycles. The molecule has 0 atom stereocenters. The lowest BCUT2D eigenvalue weighted by Gasteiger charge is -2.01. The third-order valence-electron chi connectivity index (χ3n) is 2.41. The predicted molar refractivity (Wildman–Crippen MR) is 66.9 cm³/mol. The van der Waals surface area contributed by atoms with Crippen molar-refractivity contribution >= 4 is 11.2 Å². The summed E-state index contributed by atoms with van der Waals surface area (Å²) < 4.78 is 3.53. The van der Waals surface area contributed by atoms with Crippen molar-refractivity contribution in [2.24, 2.45) is 7.05 Å². The van der Waals surface area contributed by atoms with E-state index in [0.717, 1.165) is 4.57 Å². The number of nitrogens with zero attached hydrogens (tertiary/aromatic N) is 4. The molecule has 0 radical (unpaired) electrons. The van der Waals surface area contributed by atoms with Gasteiger partial charge in [0.25, 0.3) is 5.56 Å². The lowest BCUT2D eigenvalue weighted by Crippen LogP contribution is -2.37. The molecule has 0 bridgehead atoms. The van der Waals surface area contributed by atoms with Crippen LogP contribution in [0, 0.1) is 23.9 Å². The second-order valence-corrected chi connectivity index (χ2v) is 3.49. The summed E-state index contributed by atoms with van der Waals surface area (Å²) in [6.07, 6.45) is 1.41. The van der Waals surface area contributed by atoms with E-state index in [0.29, 0.717) is 5.65 Å². The highest BCUT2D eigenvalue weighted by Gasteiger charge is 2.14. The highest BCUT2D eigenvalue weighted by atomic mass is 16.2. The first kappa shape index (κ1) is 11.7. The van der Waals surface area contributed by atoms with Crippen molar-refractivity contribution < 1.29 is 0 Å². The van der Waals surface area contributed by atoms with Gasteiger partial charge in [-0.25, -0.2) is 9.78 Å². The van der Waals surface area contributed by atoms with Gasteiger partial charge in [-0.1, -0.05) is 11.8 Å². The highest BCUT2D eigenvalue weighted by Crippen LogP contribution is 2.03. The molecule has 0 amide bonds. The number of aromatic nitrogens is 4. The maximum Gasteiger partial charge on any atom is 0.344 e. The fraction of sp³-hybridized carbons (Fsp3) is 0.250. The van der Waals surface area contributed by atoms with Crippen LogP contribution in [0.5, 0.6) is 0 Å². The van der Waals surface area contributed by atoms with Crippen LogP contribution in [0.3, 0.4) is 0 Å². The van der Waals surface area contributed by atoms with E-state index in [-0.39, 0.29) is 5.52 Å². The van der Waals surface area contributed by atoms with Gasteiger partial charge in [-0.15, -0.1) is 0 Å². The van der Waals surface area contributed by atoms with E-state index < -0.39 is 11.2 Å². The van der Waals surface area contributed by atoms with Crippen LogP contribution in [0.4, 0.5) is 0 Å². The fourth-order valence-corrected chi connectivity index (χ4v) is 1.63. The van der Waals surface area contributed by atoms with Crippen LogP contribution in [0.15, 0.2) is 15.9 Å². The smallest absolute Gasteiger partial charge is 0.278 e. The third-order valence-corrected chi connectivity index (χ3v) is 2.41. The Morgan fingerprint density at radius 1 is 1.17 bits per heavy atom. The minimum absolute atomic E-state index is 0.245. The molecule has 2 aromatic heterocycles. The first-order valence-electron chi connectivity index (χ1n) is 5.16.